The molecule has 0 bridgehead atoms. The van der Waals surface area contributed by atoms with Crippen molar-refractivity contribution in [3.63, 3.8) is 0 Å². The van der Waals surface area contributed by atoms with E-state index in [4.69, 9.17) is 15.0 Å². The summed E-state index contributed by atoms with van der Waals surface area (Å²) < 4.78 is 10.8. The standard InChI is InChI=1S/C23H30N4O4/c1-13-22(14(2)31-26-13)15-4-9-18(25-16-5-7-17(30-3)8-6-16)20(12-15)27-19(23(24)29)10-11-21(27)28/h4,9,12,16-17,19,25H,5-8,10-11H2,1-3H3,(H2,24,29)/t16?,17?,19-/m0/s1. The van der Waals surface area contributed by atoms with Crippen molar-refractivity contribution in [3.05, 3.63) is 29.7 Å². The van der Waals surface area contributed by atoms with Crippen LogP contribution in [0.4, 0.5) is 11.4 Å². The Morgan fingerprint density at radius 2 is 1.97 bits per heavy atom. The molecule has 1 saturated heterocycles. The lowest BCUT2D eigenvalue weighted by atomic mass is 9.92. The van der Waals surface area contributed by atoms with E-state index in [0.29, 0.717) is 30.4 Å². The molecule has 166 valence electrons. The first-order valence-corrected chi connectivity index (χ1v) is 10.9. The van der Waals surface area contributed by atoms with Gasteiger partial charge in [0, 0.05) is 25.1 Å². The van der Waals surface area contributed by atoms with Gasteiger partial charge in [-0.3, -0.25) is 14.5 Å². The number of ether oxygens (including phenoxy) is 1. The van der Waals surface area contributed by atoms with Crippen molar-refractivity contribution < 1.29 is 18.8 Å². The third-order valence-corrected chi connectivity index (χ3v) is 6.49. The Kier molecular flexibility index (Phi) is 6.00. The van der Waals surface area contributed by atoms with Crippen LogP contribution in [0.3, 0.4) is 0 Å². The van der Waals surface area contributed by atoms with Crippen molar-refractivity contribution in [2.75, 3.05) is 17.3 Å². The maximum Gasteiger partial charge on any atom is 0.240 e. The van der Waals surface area contributed by atoms with E-state index < -0.39 is 11.9 Å². The average molecular weight is 427 g/mol. The predicted molar refractivity (Wildman–Crippen MR) is 118 cm³/mol. The van der Waals surface area contributed by atoms with E-state index in [1.807, 2.05) is 32.0 Å². The van der Waals surface area contributed by atoms with Gasteiger partial charge in [-0.2, -0.15) is 0 Å². The highest BCUT2D eigenvalue weighted by Gasteiger charge is 2.37. The molecule has 31 heavy (non-hydrogen) atoms. The lowest BCUT2D eigenvalue weighted by molar-refractivity contribution is -0.121. The number of aryl methyl sites for hydroxylation is 2. The Bertz CT molecular complexity index is 958. The van der Waals surface area contributed by atoms with Crippen LogP contribution in [-0.2, 0) is 14.3 Å². The summed E-state index contributed by atoms with van der Waals surface area (Å²) in [6.07, 6.45) is 5.00. The van der Waals surface area contributed by atoms with Crippen LogP contribution in [0.1, 0.15) is 50.0 Å². The number of nitrogens with one attached hydrogen (secondary N) is 1. The van der Waals surface area contributed by atoms with Crippen LogP contribution >= 0.6 is 0 Å². The van der Waals surface area contributed by atoms with Crippen molar-refractivity contribution in [1.82, 2.24) is 5.16 Å². The van der Waals surface area contributed by atoms with Crippen LogP contribution in [-0.4, -0.2) is 42.3 Å². The van der Waals surface area contributed by atoms with Crippen LogP contribution in [0.25, 0.3) is 11.1 Å². The molecule has 0 unspecified atom stereocenters. The van der Waals surface area contributed by atoms with E-state index in [9.17, 15) is 9.59 Å². The quantitative estimate of drug-likeness (QED) is 0.733. The molecule has 1 aliphatic carbocycles. The van der Waals surface area contributed by atoms with Gasteiger partial charge in [-0.15, -0.1) is 0 Å². The topological polar surface area (TPSA) is 111 Å². The van der Waals surface area contributed by atoms with Crippen LogP contribution < -0.4 is 16.0 Å². The van der Waals surface area contributed by atoms with Gasteiger partial charge in [-0.1, -0.05) is 11.2 Å². The second-order valence-corrected chi connectivity index (χ2v) is 8.51. The molecule has 1 atom stereocenters. The van der Waals surface area contributed by atoms with Gasteiger partial charge in [0.1, 0.15) is 11.8 Å². The average Bonchev–Trinajstić information content (AvgIpc) is 3.31. The maximum atomic E-state index is 12.8. The van der Waals surface area contributed by atoms with Crippen molar-refractivity contribution in [3.8, 4) is 11.1 Å². The lowest BCUT2D eigenvalue weighted by Gasteiger charge is -2.31. The van der Waals surface area contributed by atoms with E-state index in [1.165, 1.54) is 0 Å². The minimum atomic E-state index is -0.641. The Morgan fingerprint density at radius 3 is 2.58 bits per heavy atom. The molecule has 3 N–H and O–H groups in total. The number of carbonyl (C=O) groups is 2. The van der Waals surface area contributed by atoms with Crippen molar-refractivity contribution >= 4 is 23.2 Å². The monoisotopic (exact) mass is 426 g/mol. The zero-order valence-electron chi connectivity index (χ0n) is 18.3. The molecule has 1 aliphatic heterocycles. The highest BCUT2D eigenvalue weighted by Crippen LogP contribution is 2.39. The number of nitrogens with two attached hydrogens (primary N) is 1. The number of benzene rings is 1. The van der Waals surface area contributed by atoms with Crippen LogP contribution in [0.2, 0.25) is 0 Å². The molecule has 2 fully saturated rings. The Labute approximate surface area is 182 Å². The summed E-state index contributed by atoms with van der Waals surface area (Å²) in [5.74, 6) is 0.132. The van der Waals surface area contributed by atoms with Crippen LogP contribution in [0, 0.1) is 13.8 Å². The second-order valence-electron chi connectivity index (χ2n) is 8.51. The molecule has 2 aliphatic rings. The molecule has 2 aromatic rings. The van der Waals surface area contributed by atoms with Gasteiger partial charge in [-0.05, 0) is 63.6 Å². The fourth-order valence-electron chi connectivity index (χ4n) is 4.82. The number of carbonyl (C=O) groups excluding carboxylic acids is 2. The number of primary amides is 1. The number of rotatable bonds is 6. The van der Waals surface area contributed by atoms with Gasteiger partial charge in [0.15, 0.2) is 0 Å². The molecule has 1 saturated carbocycles. The molecule has 1 aromatic heterocycles. The molecule has 0 radical (unpaired) electrons. The minimum absolute atomic E-state index is 0.0918. The summed E-state index contributed by atoms with van der Waals surface area (Å²) in [6, 6.07) is 5.55. The number of nitrogens with zero attached hydrogens (tertiary/aromatic N) is 2. The van der Waals surface area contributed by atoms with Gasteiger partial charge in [0.05, 0.1) is 23.2 Å². The first-order chi connectivity index (χ1) is 14.9. The molecule has 8 heteroatoms. The van der Waals surface area contributed by atoms with E-state index in [-0.39, 0.29) is 11.9 Å². The van der Waals surface area contributed by atoms with Crippen LogP contribution in [0.5, 0.6) is 0 Å². The summed E-state index contributed by atoms with van der Waals surface area (Å²) in [4.78, 5) is 26.4. The van der Waals surface area contributed by atoms with Crippen molar-refractivity contribution in [1.29, 1.82) is 0 Å². The summed E-state index contributed by atoms with van der Waals surface area (Å²) in [5.41, 5.74) is 9.72. The Morgan fingerprint density at radius 1 is 1.23 bits per heavy atom. The van der Waals surface area contributed by atoms with E-state index in [0.717, 1.165) is 48.2 Å². The summed E-state index contributed by atoms with van der Waals surface area (Å²) in [5, 5.41) is 7.66. The molecule has 4 rings (SSSR count). The van der Waals surface area contributed by atoms with Gasteiger partial charge in [-0.25, -0.2) is 0 Å². The minimum Gasteiger partial charge on any atom is -0.381 e. The van der Waals surface area contributed by atoms with Crippen molar-refractivity contribution in [2.45, 2.75) is 70.6 Å². The number of aromatic nitrogens is 1. The fraction of sp³-hybridized carbons (Fsp3) is 0.522. The molecule has 1 aromatic carbocycles. The van der Waals surface area contributed by atoms with Gasteiger partial charge in [0.25, 0.3) is 0 Å². The Hall–Kier alpha value is -2.87. The first-order valence-electron chi connectivity index (χ1n) is 10.9. The number of amides is 2. The van der Waals surface area contributed by atoms with Gasteiger partial charge in [0.2, 0.25) is 11.8 Å². The summed E-state index contributed by atoms with van der Waals surface area (Å²) in [7, 11) is 1.76. The zero-order valence-corrected chi connectivity index (χ0v) is 18.3. The number of methoxy groups -OCH3 is 1. The molecule has 2 heterocycles. The number of anilines is 2. The summed E-state index contributed by atoms with van der Waals surface area (Å²) in [6.45, 7) is 3.75. The van der Waals surface area contributed by atoms with Crippen LogP contribution in [0.15, 0.2) is 22.7 Å². The first kappa shape index (κ1) is 21.4. The molecule has 8 nitrogen and oxygen atoms in total. The fourth-order valence-corrected chi connectivity index (χ4v) is 4.82. The smallest absolute Gasteiger partial charge is 0.240 e. The maximum absolute atomic E-state index is 12.8. The third-order valence-electron chi connectivity index (χ3n) is 6.49. The third kappa shape index (κ3) is 4.17. The zero-order chi connectivity index (χ0) is 22.1. The van der Waals surface area contributed by atoms with E-state index in [2.05, 4.69) is 10.5 Å². The largest absolute Gasteiger partial charge is 0.381 e. The summed E-state index contributed by atoms with van der Waals surface area (Å²) >= 11 is 0. The lowest BCUT2D eigenvalue weighted by Crippen LogP contribution is -2.43. The normalized spacial score (nSPS) is 23.9. The van der Waals surface area contributed by atoms with Gasteiger partial charge < -0.3 is 20.3 Å². The van der Waals surface area contributed by atoms with Gasteiger partial charge >= 0.3 is 0 Å². The molecular formula is C23H30N4O4. The molecular weight excluding hydrogens is 396 g/mol. The van der Waals surface area contributed by atoms with E-state index in [1.54, 1.807) is 12.0 Å². The highest BCUT2D eigenvalue weighted by atomic mass is 16.5. The Balaban J connectivity index is 1.72. The number of hydrogen-bond acceptors (Lipinski definition) is 6. The predicted octanol–water partition coefficient (Wildman–Crippen LogP) is 3.31. The molecule has 0 spiro atoms. The highest BCUT2D eigenvalue weighted by molar-refractivity contribution is 6.06. The second kappa shape index (κ2) is 8.70. The SMILES string of the molecule is COC1CCC(Nc2ccc(-c3c(C)noc3C)cc2N2C(=O)CC[C@H]2C(N)=O)CC1. The van der Waals surface area contributed by atoms with E-state index >= 15 is 0 Å². The van der Waals surface area contributed by atoms with Crippen molar-refractivity contribution in [2.24, 2.45) is 5.73 Å². The number of hydrogen-bond donors (Lipinski definition) is 2. The molecule has 2 amide bonds.